The zero-order chi connectivity index (χ0) is 19.9. The number of nitrogens with zero attached hydrogens (tertiary/aromatic N) is 3. The van der Waals surface area contributed by atoms with E-state index in [1.807, 2.05) is 0 Å². The molecule has 0 spiro atoms. The van der Waals surface area contributed by atoms with Crippen molar-refractivity contribution in [3.63, 3.8) is 0 Å². The molecule has 3 heterocycles. The standard InChI is InChI=1S/C22H32N6O/c29-22(21-19-16-23-10-8-20(19)25-26-21)24-9-4-5-11-27-12-14-28(15-13-27)17-18-6-2-1-3-7-18/h1-3,6-7,23H,4-5,8-17H2,(H,24,29)(H,25,26). The molecule has 156 valence electrons. The minimum Gasteiger partial charge on any atom is -0.351 e. The number of carbonyl (C=O) groups excluding carboxylic acids is 1. The van der Waals surface area contributed by atoms with Gasteiger partial charge in [0.15, 0.2) is 5.69 Å². The first-order valence-electron chi connectivity index (χ1n) is 10.8. The first kappa shape index (κ1) is 20.1. The normalized spacial score (nSPS) is 17.8. The predicted octanol–water partition coefficient (Wildman–Crippen LogP) is 1.38. The van der Waals surface area contributed by atoms with Crippen LogP contribution in [0.3, 0.4) is 0 Å². The monoisotopic (exact) mass is 396 g/mol. The van der Waals surface area contributed by atoms with E-state index in [-0.39, 0.29) is 5.91 Å². The molecular formula is C22H32N6O. The van der Waals surface area contributed by atoms with E-state index in [2.05, 4.69) is 61.0 Å². The number of benzene rings is 1. The lowest BCUT2D eigenvalue weighted by Gasteiger charge is -2.34. The van der Waals surface area contributed by atoms with Crippen LogP contribution in [0.2, 0.25) is 0 Å². The van der Waals surface area contributed by atoms with Gasteiger partial charge in [0.25, 0.3) is 5.91 Å². The van der Waals surface area contributed by atoms with Gasteiger partial charge in [0, 0.05) is 70.0 Å². The van der Waals surface area contributed by atoms with Gasteiger partial charge in [-0.2, -0.15) is 5.10 Å². The Morgan fingerprint density at radius 2 is 1.86 bits per heavy atom. The Bertz CT molecular complexity index is 782. The molecule has 7 nitrogen and oxygen atoms in total. The molecule has 1 fully saturated rings. The van der Waals surface area contributed by atoms with Crippen molar-refractivity contribution in [2.45, 2.75) is 32.4 Å². The molecule has 0 atom stereocenters. The molecule has 7 heteroatoms. The molecule has 1 saturated heterocycles. The lowest BCUT2D eigenvalue weighted by Crippen LogP contribution is -2.46. The molecule has 2 aliphatic rings. The number of rotatable bonds is 8. The Hall–Kier alpha value is -2.22. The van der Waals surface area contributed by atoms with Crippen LogP contribution in [0, 0.1) is 0 Å². The number of piperazine rings is 1. The molecule has 1 amide bonds. The van der Waals surface area contributed by atoms with E-state index in [1.165, 1.54) is 5.56 Å². The summed E-state index contributed by atoms with van der Waals surface area (Å²) < 4.78 is 0. The highest BCUT2D eigenvalue weighted by atomic mass is 16.1. The van der Waals surface area contributed by atoms with Crippen molar-refractivity contribution in [2.24, 2.45) is 0 Å². The van der Waals surface area contributed by atoms with Crippen molar-refractivity contribution in [1.29, 1.82) is 0 Å². The Morgan fingerprint density at radius 3 is 2.69 bits per heavy atom. The van der Waals surface area contributed by atoms with Gasteiger partial charge in [-0.25, -0.2) is 0 Å². The third-order valence-corrected chi connectivity index (χ3v) is 5.92. The van der Waals surface area contributed by atoms with Gasteiger partial charge in [0.1, 0.15) is 0 Å². The molecule has 0 radical (unpaired) electrons. The van der Waals surface area contributed by atoms with Crippen molar-refractivity contribution < 1.29 is 4.79 Å². The maximum Gasteiger partial charge on any atom is 0.272 e. The van der Waals surface area contributed by atoms with E-state index in [1.54, 1.807) is 0 Å². The predicted molar refractivity (Wildman–Crippen MR) is 114 cm³/mol. The Kier molecular flexibility index (Phi) is 6.92. The Morgan fingerprint density at radius 1 is 1.07 bits per heavy atom. The zero-order valence-electron chi connectivity index (χ0n) is 17.1. The lowest BCUT2D eigenvalue weighted by molar-refractivity contribution is 0.0945. The molecule has 1 aromatic carbocycles. The maximum absolute atomic E-state index is 12.4. The second kappa shape index (κ2) is 10.0. The largest absolute Gasteiger partial charge is 0.351 e. The number of hydrogen-bond donors (Lipinski definition) is 3. The number of fused-ring (bicyclic) bond motifs is 1. The van der Waals surface area contributed by atoms with Gasteiger partial charge in [-0.3, -0.25) is 14.8 Å². The number of amides is 1. The van der Waals surface area contributed by atoms with Crippen LogP contribution in [0.15, 0.2) is 30.3 Å². The Labute approximate surface area is 172 Å². The van der Waals surface area contributed by atoms with Crippen molar-refractivity contribution in [3.8, 4) is 0 Å². The number of hydrogen-bond acceptors (Lipinski definition) is 5. The van der Waals surface area contributed by atoms with Crippen LogP contribution < -0.4 is 10.6 Å². The van der Waals surface area contributed by atoms with E-state index in [9.17, 15) is 4.79 Å². The summed E-state index contributed by atoms with van der Waals surface area (Å²) in [5.74, 6) is -0.0549. The number of carbonyl (C=O) groups is 1. The summed E-state index contributed by atoms with van der Waals surface area (Å²) in [6, 6.07) is 10.7. The topological polar surface area (TPSA) is 76.3 Å². The fraction of sp³-hybridized carbons (Fsp3) is 0.545. The minimum absolute atomic E-state index is 0.0549. The van der Waals surface area contributed by atoms with E-state index in [4.69, 9.17) is 0 Å². The molecule has 3 N–H and O–H groups in total. The highest BCUT2D eigenvalue weighted by molar-refractivity contribution is 5.94. The summed E-state index contributed by atoms with van der Waals surface area (Å²) in [5.41, 5.74) is 4.08. The van der Waals surface area contributed by atoms with Gasteiger partial charge in [0.05, 0.1) is 0 Å². The average Bonchev–Trinajstić information content (AvgIpc) is 3.20. The smallest absolute Gasteiger partial charge is 0.272 e. The lowest BCUT2D eigenvalue weighted by atomic mass is 10.1. The number of H-pyrrole nitrogens is 1. The van der Waals surface area contributed by atoms with Gasteiger partial charge in [0.2, 0.25) is 0 Å². The van der Waals surface area contributed by atoms with Gasteiger partial charge < -0.3 is 15.5 Å². The van der Waals surface area contributed by atoms with Crippen molar-refractivity contribution in [3.05, 3.63) is 52.8 Å². The van der Waals surface area contributed by atoms with Crippen LogP contribution in [0.4, 0.5) is 0 Å². The summed E-state index contributed by atoms with van der Waals surface area (Å²) in [6.45, 7) is 9.05. The molecule has 1 aromatic heterocycles. The van der Waals surface area contributed by atoms with Crippen LogP contribution in [-0.2, 0) is 19.5 Å². The van der Waals surface area contributed by atoms with Crippen LogP contribution in [0.5, 0.6) is 0 Å². The van der Waals surface area contributed by atoms with Crippen LogP contribution in [-0.4, -0.2) is 71.7 Å². The average molecular weight is 397 g/mol. The molecule has 2 aliphatic heterocycles. The van der Waals surface area contributed by atoms with E-state index < -0.39 is 0 Å². The minimum atomic E-state index is -0.0549. The van der Waals surface area contributed by atoms with E-state index in [0.717, 1.165) is 82.9 Å². The van der Waals surface area contributed by atoms with Gasteiger partial charge in [-0.15, -0.1) is 0 Å². The first-order valence-corrected chi connectivity index (χ1v) is 10.8. The fourth-order valence-electron chi connectivity index (χ4n) is 4.17. The highest BCUT2D eigenvalue weighted by Crippen LogP contribution is 2.15. The third kappa shape index (κ3) is 5.44. The summed E-state index contributed by atoms with van der Waals surface area (Å²) in [6.07, 6.45) is 3.02. The molecule has 2 aromatic rings. The molecule has 0 aliphatic carbocycles. The SMILES string of the molecule is O=C(NCCCCN1CCN(Cc2ccccc2)CC1)c1n[nH]c2c1CNCC2. The molecule has 0 saturated carbocycles. The highest BCUT2D eigenvalue weighted by Gasteiger charge is 2.21. The van der Waals surface area contributed by atoms with E-state index >= 15 is 0 Å². The van der Waals surface area contributed by atoms with Gasteiger partial charge >= 0.3 is 0 Å². The second-order valence-corrected chi connectivity index (χ2v) is 8.02. The summed E-state index contributed by atoms with van der Waals surface area (Å²) in [4.78, 5) is 17.5. The van der Waals surface area contributed by atoms with Crippen LogP contribution >= 0.6 is 0 Å². The molecular weight excluding hydrogens is 364 g/mol. The summed E-state index contributed by atoms with van der Waals surface area (Å²) in [5, 5.41) is 13.6. The number of unbranched alkanes of at least 4 members (excludes halogenated alkanes) is 1. The van der Waals surface area contributed by atoms with Crippen molar-refractivity contribution in [2.75, 3.05) is 45.8 Å². The third-order valence-electron chi connectivity index (χ3n) is 5.92. The molecule has 4 rings (SSSR count). The van der Waals surface area contributed by atoms with E-state index in [0.29, 0.717) is 12.2 Å². The molecule has 0 unspecified atom stereocenters. The fourth-order valence-corrected chi connectivity index (χ4v) is 4.17. The van der Waals surface area contributed by atoms with Crippen molar-refractivity contribution >= 4 is 5.91 Å². The van der Waals surface area contributed by atoms with Crippen molar-refractivity contribution in [1.82, 2.24) is 30.6 Å². The maximum atomic E-state index is 12.4. The summed E-state index contributed by atoms with van der Waals surface area (Å²) in [7, 11) is 0. The summed E-state index contributed by atoms with van der Waals surface area (Å²) >= 11 is 0. The second-order valence-electron chi connectivity index (χ2n) is 8.02. The quantitative estimate of drug-likeness (QED) is 0.588. The number of aromatic nitrogens is 2. The number of aromatic amines is 1. The first-order chi connectivity index (χ1) is 14.3. The molecule has 0 bridgehead atoms. The van der Waals surface area contributed by atoms with Gasteiger partial charge in [-0.05, 0) is 24.9 Å². The van der Waals surface area contributed by atoms with Crippen LogP contribution in [0.1, 0.15) is 40.2 Å². The Balaban J connectivity index is 1.10. The van der Waals surface area contributed by atoms with Crippen LogP contribution in [0.25, 0.3) is 0 Å². The molecule has 29 heavy (non-hydrogen) atoms. The van der Waals surface area contributed by atoms with Gasteiger partial charge in [-0.1, -0.05) is 30.3 Å². The zero-order valence-corrected chi connectivity index (χ0v) is 17.1. The number of nitrogens with one attached hydrogen (secondary N) is 3.